The maximum absolute atomic E-state index is 6.47. The van der Waals surface area contributed by atoms with E-state index in [9.17, 15) is 0 Å². The van der Waals surface area contributed by atoms with Crippen molar-refractivity contribution in [3.63, 3.8) is 0 Å². The molecular formula is C123H81N9OS2. The minimum Gasteiger partial charge on any atom is -0.437 e. The summed E-state index contributed by atoms with van der Waals surface area (Å²) in [5, 5.41) is 21.1. The van der Waals surface area contributed by atoms with Gasteiger partial charge in [0.15, 0.2) is 0 Å². The molecule has 0 N–H and O–H groups in total. The van der Waals surface area contributed by atoms with E-state index >= 15 is 0 Å². The Labute approximate surface area is 783 Å². The lowest BCUT2D eigenvalue weighted by atomic mass is 9.82. The topological polar surface area (TPSA) is 105 Å². The van der Waals surface area contributed by atoms with Gasteiger partial charge >= 0.3 is 0 Å². The Morgan fingerprint density at radius 2 is 0.533 bits per heavy atom. The van der Waals surface area contributed by atoms with Crippen LogP contribution in [0.3, 0.4) is 0 Å². The van der Waals surface area contributed by atoms with Gasteiger partial charge in [0.2, 0.25) is 23.6 Å². The SMILES string of the molecule is CC1(C)c2ccccc2-c2cc(-c3nc(-n4c5ccccc5c5cc6ccccc6cc54)nc4oc5ccccc5c34)ccc21.CC1(C)c2ccccc2-c2cc(-c3nc(-n4c5ccccc5c5cc6ccccc6cc54)nc4sc5ccccc5c34)ccc21.CC1(C)c2ccccc2-c2ccc(-c3nc(-n4c5ccccc5c5cc6ccccc6cc54)nc4sc5ccccc5c34)cc21. The van der Waals surface area contributed by atoms with Crippen molar-refractivity contribution in [1.82, 2.24) is 43.6 Å². The van der Waals surface area contributed by atoms with E-state index < -0.39 is 0 Å². The van der Waals surface area contributed by atoms with Crippen LogP contribution in [0.4, 0.5) is 0 Å². The third-order valence-electron chi connectivity index (χ3n) is 29.5. The van der Waals surface area contributed by atoms with Crippen LogP contribution in [0.5, 0.6) is 0 Å². The van der Waals surface area contributed by atoms with Crippen LogP contribution in [-0.2, 0) is 16.2 Å². The maximum Gasteiger partial charge on any atom is 0.238 e. The predicted octanol–water partition coefficient (Wildman–Crippen LogP) is 32.7. The lowest BCUT2D eigenvalue weighted by Gasteiger charge is -2.22. The monoisotopic (exact) mass is 1760 g/mol. The van der Waals surface area contributed by atoms with Crippen molar-refractivity contribution >= 4 is 183 Å². The highest BCUT2D eigenvalue weighted by Gasteiger charge is 2.40. The summed E-state index contributed by atoms with van der Waals surface area (Å²) in [6.45, 7) is 14.0. The molecule has 0 fully saturated rings. The van der Waals surface area contributed by atoms with Crippen molar-refractivity contribution in [2.45, 2.75) is 57.8 Å². The number of benzene rings is 18. The third kappa shape index (κ3) is 11.4. The van der Waals surface area contributed by atoms with Crippen molar-refractivity contribution in [3.05, 3.63) is 416 Å². The Kier molecular flexibility index (Phi) is 16.5. The molecule has 0 saturated carbocycles. The molecule has 0 atom stereocenters. The number of thiophene rings is 2. The van der Waals surface area contributed by atoms with Crippen molar-refractivity contribution in [2.75, 3.05) is 0 Å². The molecule has 0 radical (unpaired) electrons. The molecule has 9 aromatic heterocycles. The van der Waals surface area contributed by atoms with E-state index in [1.807, 2.05) is 12.1 Å². The molecule has 18 aromatic carbocycles. The molecule has 0 spiro atoms. The molecule has 27 aromatic rings. The highest BCUT2D eigenvalue weighted by molar-refractivity contribution is 7.26. The minimum atomic E-state index is -0.0957. The lowest BCUT2D eigenvalue weighted by Crippen LogP contribution is -2.15. The van der Waals surface area contributed by atoms with Crippen molar-refractivity contribution in [1.29, 1.82) is 0 Å². The first-order chi connectivity index (χ1) is 66.2. The molecule has 135 heavy (non-hydrogen) atoms. The van der Waals surface area contributed by atoms with Gasteiger partial charge in [-0.3, -0.25) is 13.7 Å². The van der Waals surface area contributed by atoms with E-state index in [4.69, 9.17) is 34.3 Å². The highest BCUT2D eigenvalue weighted by Crippen LogP contribution is 2.55. The molecule has 3 aliphatic rings. The maximum atomic E-state index is 6.47. The van der Waals surface area contributed by atoms with Gasteiger partial charge in [0.25, 0.3) is 0 Å². The standard InChI is InChI=1S/C41H27N3O.2C41H27N3S/c1-41(2)32-16-8-5-13-27(32)30-22-26(19-20-33(30)41)38-37-29-15-7-10-18-36(29)45-39(37)43-40(42-38)44-34-17-9-6-14-28(34)31-21-24-11-3-4-12-25(24)23-35(31)44;1-41(2)32-16-8-5-13-27(32)28-20-19-26(22-33(28)41)38-37-30-15-7-10-18-36(30)45-39(37)43-40(42-38)44-34-17-9-6-14-29(34)31-21-24-11-3-4-12-25(24)23-35(31)44;1-41(2)32-16-8-5-13-27(32)30-22-26(19-20-33(30)41)38-37-29-15-7-10-18-36(29)45-39(37)43-40(42-38)44-34-17-9-6-14-28(34)31-21-24-11-3-4-12-25(24)23-35(31)44/h3*3-23H,1-2H3. The number of nitrogens with zero attached hydrogens (tertiary/aromatic N) is 9. The largest absolute Gasteiger partial charge is 0.437 e. The fourth-order valence-corrected chi connectivity index (χ4v) is 25.1. The normalized spacial score (nSPS) is 13.7. The van der Waals surface area contributed by atoms with Crippen molar-refractivity contribution < 1.29 is 4.42 Å². The molecule has 30 rings (SSSR count). The van der Waals surface area contributed by atoms with Gasteiger partial charge < -0.3 is 4.42 Å². The van der Waals surface area contributed by atoms with E-state index in [0.717, 1.165) is 104 Å². The number of hydrogen-bond donors (Lipinski definition) is 0. The summed E-state index contributed by atoms with van der Waals surface area (Å²) < 4.78 is 15.6. The average molecular weight is 1770 g/mol. The first kappa shape index (κ1) is 77.4. The van der Waals surface area contributed by atoms with Crippen LogP contribution in [0.15, 0.2) is 387 Å². The summed E-state index contributed by atoms with van der Waals surface area (Å²) in [5.74, 6) is 2.00. The fourth-order valence-electron chi connectivity index (χ4n) is 23.0. The average Bonchev–Trinajstić information content (AvgIpc) is 1.58. The number of fused-ring (bicyclic) bond motifs is 30. The Morgan fingerprint density at radius 3 is 0.970 bits per heavy atom. The summed E-state index contributed by atoms with van der Waals surface area (Å²) in [7, 11) is 0. The summed E-state index contributed by atoms with van der Waals surface area (Å²) in [4.78, 5) is 34.2. The van der Waals surface area contributed by atoms with Gasteiger partial charge in [-0.2, -0.15) is 4.98 Å². The van der Waals surface area contributed by atoms with Crippen LogP contribution in [0.25, 0.3) is 245 Å². The quantitative estimate of drug-likeness (QED) is 0.163. The molecule has 10 nitrogen and oxygen atoms in total. The van der Waals surface area contributed by atoms with Crippen LogP contribution in [0, 0.1) is 0 Å². The zero-order chi connectivity index (χ0) is 89.6. The minimum absolute atomic E-state index is 0.0442. The fraction of sp³-hybridized carbons (Fsp3) is 0.0732. The third-order valence-corrected chi connectivity index (χ3v) is 31.6. The van der Waals surface area contributed by atoms with Crippen LogP contribution >= 0.6 is 22.7 Å². The molecule has 636 valence electrons. The molecular weight excluding hydrogens is 1680 g/mol. The number of rotatable bonds is 6. The van der Waals surface area contributed by atoms with E-state index in [1.165, 1.54) is 152 Å². The first-order valence-corrected chi connectivity index (χ1v) is 47.9. The van der Waals surface area contributed by atoms with Gasteiger partial charge in [-0.15, -0.1) is 22.7 Å². The molecule has 0 bridgehead atoms. The molecule has 0 unspecified atom stereocenters. The lowest BCUT2D eigenvalue weighted by molar-refractivity contribution is 0.651. The zero-order valence-corrected chi connectivity index (χ0v) is 76.3. The summed E-state index contributed by atoms with van der Waals surface area (Å²) in [6.07, 6.45) is 0. The molecule has 3 aliphatic carbocycles. The first-order valence-electron chi connectivity index (χ1n) is 46.3. The van der Waals surface area contributed by atoms with E-state index in [-0.39, 0.29) is 16.2 Å². The number of aromatic nitrogens is 9. The Hall–Kier alpha value is -16.4. The Balaban J connectivity index is 0.000000101. The molecule has 0 saturated heterocycles. The predicted molar refractivity (Wildman–Crippen MR) is 564 cm³/mol. The van der Waals surface area contributed by atoms with E-state index in [2.05, 4.69) is 425 Å². The van der Waals surface area contributed by atoms with Gasteiger partial charge in [0, 0.05) is 102 Å². The van der Waals surface area contributed by atoms with E-state index in [0.29, 0.717) is 23.6 Å². The second-order valence-electron chi connectivity index (χ2n) is 38.0. The highest BCUT2D eigenvalue weighted by atomic mass is 32.1. The summed E-state index contributed by atoms with van der Waals surface area (Å²) in [6, 6.07) is 138. The van der Waals surface area contributed by atoms with Crippen LogP contribution in [0.1, 0.15) is 74.9 Å². The smallest absolute Gasteiger partial charge is 0.238 e. The number of para-hydroxylation sites is 4. The Bertz CT molecular complexity index is 9480. The molecule has 0 aliphatic heterocycles. The van der Waals surface area contributed by atoms with Gasteiger partial charge in [0.05, 0.1) is 55.6 Å². The number of furan rings is 1. The molecule has 12 heteroatoms. The van der Waals surface area contributed by atoms with Crippen LogP contribution in [-0.4, -0.2) is 43.6 Å². The van der Waals surface area contributed by atoms with E-state index in [1.54, 1.807) is 22.7 Å². The van der Waals surface area contributed by atoms with Crippen molar-refractivity contribution in [3.8, 4) is 85.0 Å². The van der Waals surface area contributed by atoms with Crippen LogP contribution < -0.4 is 0 Å². The van der Waals surface area contributed by atoms with Gasteiger partial charge in [-0.1, -0.05) is 333 Å². The second-order valence-corrected chi connectivity index (χ2v) is 40.0. The second kappa shape index (κ2) is 28.8. The van der Waals surface area contributed by atoms with Gasteiger partial charge in [-0.05, 0) is 190 Å². The zero-order valence-electron chi connectivity index (χ0n) is 74.6. The van der Waals surface area contributed by atoms with Gasteiger partial charge in [-0.25, -0.2) is 24.9 Å². The van der Waals surface area contributed by atoms with Crippen LogP contribution in [0.2, 0.25) is 0 Å². The molecule has 0 amide bonds. The Morgan fingerprint density at radius 1 is 0.222 bits per heavy atom. The number of hydrogen-bond acceptors (Lipinski definition) is 9. The van der Waals surface area contributed by atoms with Gasteiger partial charge in [0.1, 0.15) is 15.2 Å². The summed E-state index contributed by atoms with van der Waals surface area (Å²) in [5.41, 5.74) is 29.9. The van der Waals surface area contributed by atoms with Crippen molar-refractivity contribution in [2.24, 2.45) is 0 Å². The molecule has 9 heterocycles. The summed E-state index contributed by atoms with van der Waals surface area (Å²) >= 11 is 3.49.